The van der Waals surface area contributed by atoms with E-state index < -0.39 is 0 Å². The van der Waals surface area contributed by atoms with Gasteiger partial charge in [-0.1, -0.05) is 55.5 Å². The van der Waals surface area contributed by atoms with Gasteiger partial charge in [-0.05, 0) is 38.5 Å². The van der Waals surface area contributed by atoms with E-state index in [2.05, 4.69) is 55.5 Å². The van der Waals surface area contributed by atoms with Crippen LogP contribution in [0.25, 0.3) is 0 Å². The van der Waals surface area contributed by atoms with Gasteiger partial charge in [0.2, 0.25) is 0 Å². The summed E-state index contributed by atoms with van der Waals surface area (Å²) in [6.45, 7) is 2.43. The third-order valence-corrected chi connectivity index (χ3v) is 2.27. The van der Waals surface area contributed by atoms with Crippen molar-refractivity contribution in [3.05, 3.63) is 48.6 Å². The van der Waals surface area contributed by atoms with E-state index in [4.69, 9.17) is 5.11 Å². The molecule has 0 radical (unpaired) electrons. The van der Waals surface area contributed by atoms with Crippen molar-refractivity contribution in [3.63, 3.8) is 0 Å². The van der Waals surface area contributed by atoms with Crippen LogP contribution in [0.15, 0.2) is 48.6 Å². The molecule has 17 heavy (non-hydrogen) atoms. The maximum atomic E-state index is 8.58. The zero-order chi connectivity index (χ0) is 12.6. The molecule has 0 amide bonds. The van der Waals surface area contributed by atoms with Crippen LogP contribution in [0.1, 0.15) is 45.4 Å². The van der Waals surface area contributed by atoms with Crippen molar-refractivity contribution in [2.45, 2.75) is 45.4 Å². The molecule has 0 aliphatic carbocycles. The largest absolute Gasteiger partial charge is 0.396 e. The molecule has 0 aromatic rings. The van der Waals surface area contributed by atoms with Crippen LogP contribution < -0.4 is 0 Å². The number of hydrogen-bond donors (Lipinski definition) is 1. The number of aliphatic hydroxyl groups excluding tert-OH is 1. The molecule has 0 saturated heterocycles. The Morgan fingerprint density at radius 1 is 0.706 bits per heavy atom. The lowest BCUT2D eigenvalue weighted by molar-refractivity contribution is 0.289. The van der Waals surface area contributed by atoms with Crippen molar-refractivity contribution in [3.8, 4) is 0 Å². The molecule has 0 aromatic carbocycles. The molecule has 0 saturated carbocycles. The summed E-state index contributed by atoms with van der Waals surface area (Å²) in [7, 11) is 0. The van der Waals surface area contributed by atoms with Crippen LogP contribution in [0.3, 0.4) is 0 Å². The molecule has 0 fully saturated rings. The van der Waals surface area contributed by atoms with E-state index in [9.17, 15) is 0 Å². The second-order valence-electron chi connectivity index (χ2n) is 3.92. The van der Waals surface area contributed by atoms with Crippen molar-refractivity contribution in [1.82, 2.24) is 0 Å². The minimum atomic E-state index is 0.285. The lowest BCUT2D eigenvalue weighted by Crippen LogP contribution is -1.77. The Labute approximate surface area is 106 Å². The molecule has 1 N–H and O–H groups in total. The molecule has 0 unspecified atom stereocenters. The molecule has 0 atom stereocenters. The van der Waals surface area contributed by atoms with E-state index in [0.717, 1.165) is 32.1 Å². The monoisotopic (exact) mass is 234 g/mol. The predicted octanol–water partition coefficient (Wildman–Crippen LogP) is 4.56. The van der Waals surface area contributed by atoms with Crippen LogP contribution >= 0.6 is 0 Å². The Balaban J connectivity index is 3.32. The molecular formula is C16H26O. The van der Waals surface area contributed by atoms with Gasteiger partial charge in [0.1, 0.15) is 0 Å². The maximum absolute atomic E-state index is 8.58. The average Bonchev–Trinajstić information content (AvgIpc) is 2.35. The van der Waals surface area contributed by atoms with Gasteiger partial charge in [-0.25, -0.2) is 0 Å². The van der Waals surface area contributed by atoms with Crippen LogP contribution in [-0.2, 0) is 0 Å². The highest BCUT2D eigenvalue weighted by molar-refractivity contribution is 5.03. The minimum absolute atomic E-state index is 0.285. The van der Waals surface area contributed by atoms with E-state index in [1.165, 1.54) is 6.42 Å². The zero-order valence-corrected chi connectivity index (χ0v) is 11.0. The van der Waals surface area contributed by atoms with Crippen molar-refractivity contribution < 1.29 is 5.11 Å². The smallest absolute Gasteiger partial charge is 0.0433 e. The average molecular weight is 234 g/mol. The predicted molar refractivity (Wildman–Crippen MR) is 77.0 cm³/mol. The van der Waals surface area contributed by atoms with Crippen LogP contribution in [0.4, 0.5) is 0 Å². The van der Waals surface area contributed by atoms with E-state index in [-0.39, 0.29) is 6.61 Å². The first-order valence-electron chi connectivity index (χ1n) is 6.66. The summed E-state index contributed by atoms with van der Waals surface area (Å²) in [6, 6.07) is 0. The number of hydrogen-bond acceptors (Lipinski definition) is 1. The third kappa shape index (κ3) is 14.9. The summed E-state index contributed by atoms with van der Waals surface area (Å²) in [5.74, 6) is 0. The molecule has 0 aromatic heterocycles. The van der Waals surface area contributed by atoms with Gasteiger partial charge in [-0.3, -0.25) is 0 Å². The van der Waals surface area contributed by atoms with Gasteiger partial charge < -0.3 is 5.11 Å². The third-order valence-electron chi connectivity index (χ3n) is 2.27. The molecule has 0 rings (SSSR count). The lowest BCUT2D eigenvalue weighted by atomic mass is 10.2. The second kappa shape index (κ2) is 14.9. The second-order valence-corrected chi connectivity index (χ2v) is 3.92. The number of rotatable bonds is 10. The van der Waals surface area contributed by atoms with Crippen molar-refractivity contribution in [1.29, 1.82) is 0 Å². The van der Waals surface area contributed by atoms with Crippen molar-refractivity contribution in [2.75, 3.05) is 6.61 Å². The summed E-state index contributed by atoms with van der Waals surface area (Å²) in [4.78, 5) is 0. The first-order valence-corrected chi connectivity index (χ1v) is 6.66. The van der Waals surface area contributed by atoms with E-state index >= 15 is 0 Å². The highest BCUT2D eigenvalue weighted by Gasteiger charge is 1.79. The Hall–Kier alpha value is -1.08. The fourth-order valence-electron chi connectivity index (χ4n) is 1.30. The normalized spacial score (nSPS) is 12.8. The summed E-state index contributed by atoms with van der Waals surface area (Å²) in [5.41, 5.74) is 0. The molecule has 0 aliphatic heterocycles. The summed E-state index contributed by atoms with van der Waals surface area (Å²) >= 11 is 0. The lowest BCUT2D eigenvalue weighted by Gasteiger charge is -1.89. The molecule has 1 nitrogen and oxygen atoms in total. The van der Waals surface area contributed by atoms with E-state index in [1.54, 1.807) is 0 Å². The fourth-order valence-corrected chi connectivity index (χ4v) is 1.30. The standard InChI is InChI=1S/C16H26O/c1-2-3-4-5-6-7-8-9-10-11-12-13-14-15-16-17/h3-6,10-13,17H,2,7-9,14-16H2,1H3/b4-3-,6-5-,11-10-,13-12-. The number of allylic oxidation sites excluding steroid dienone is 8. The molecule has 0 heterocycles. The van der Waals surface area contributed by atoms with Gasteiger partial charge in [0.05, 0.1) is 0 Å². The van der Waals surface area contributed by atoms with Crippen molar-refractivity contribution in [2.24, 2.45) is 0 Å². The topological polar surface area (TPSA) is 20.2 Å². The zero-order valence-electron chi connectivity index (χ0n) is 11.0. The molecule has 0 bridgehead atoms. The first-order chi connectivity index (χ1) is 8.41. The first kappa shape index (κ1) is 15.9. The van der Waals surface area contributed by atoms with Crippen LogP contribution in [-0.4, -0.2) is 11.7 Å². The number of aliphatic hydroxyl groups is 1. The van der Waals surface area contributed by atoms with Crippen molar-refractivity contribution >= 4 is 0 Å². The quantitative estimate of drug-likeness (QED) is 0.434. The molecule has 0 aliphatic rings. The van der Waals surface area contributed by atoms with E-state index in [1.807, 2.05) is 0 Å². The van der Waals surface area contributed by atoms with Crippen LogP contribution in [0, 0.1) is 0 Å². The highest BCUT2D eigenvalue weighted by atomic mass is 16.2. The Morgan fingerprint density at radius 2 is 1.18 bits per heavy atom. The SMILES string of the molecule is CC/C=C\C=C/CCC/C=C\C=C/CCCO. The summed E-state index contributed by atoms with van der Waals surface area (Å²) in [5, 5.41) is 8.58. The van der Waals surface area contributed by atoms with E-state index in [0.29, 0.717) is 0 Å². The summed E-state index contributed by atoms with van der Waals surface area (Å²) < 4.78 is 0. The Kier molecular flexibility index (Phi) is 14.0. The minimum Gasteiger partial charge on any atom is -0.396 e. The highest BCUT2D eigenvalue weighted by Crippen LogP contribution is 1.99. The Bertz CT molecular complexity index is 246. The Morgan fingerprint density at radius 3 is 1.65 bits per heavy atom. The van der Waals surface area contributed by atoms with Gasteiger partial charge in [0.25, 0.3) is 0 Å². The molecule has 0 spiro atoms. The van der Waals surface area contributed by atoms with Gasteiger partial charge in [0, 0.05) is 6.61 Å². The fraction of sp³-hybridized carbons (Fsp3) is 0.500. The van der Waals surface area contributed by atoms with Crippen LogP contribution in [0.2, 0.25) is 0 Å². The van der Waals surface area contributed by atoms with Gasteiger partial charge in [-0.2, -0.15) is 0 Å². The summed E-state index contributed by atoms with van der Waals surface area (Å²) in [6.07, 6.45) is 23.5. The van der Waals surface area contributed by atoms with Crippen LogP contribution in [0.5, 0.6) is 0 Å². The maximum Gasteiger partial charge on any atom is 0.0433 e. The molecule has 96 valence electrons. The molecular weight excluding hydrogens is 208 g/mol. The van der Waals surface area contributed by atoms with Gasteiger partial charge in [-0.15, -0.1) is 0 Å². The molecule has 1 heteroatoms. The van der Waals surface area contributed by atoms with Gasteiger partial charge in [0.15, 0.2) is 0 Å². The van der Waals surface area contributed by atoms with Gasteiger partial charge >= 0.3 is 0 Å². The number of unbranched alkanes of at least 4 members (excludes halogenated alkanes) is 3.